The van der Waals surface area contributed by atoms with Gasteiger partial charge in [0.2, 0.25) is 5.95 Å². The summed E-state index contributed by atoms with van der Waals surface area (Å²) in [5, 5.41) is 3.85. The Bertz CT molecular complexity index is 1150. The van der Waals surface area contributed by atoms with Gasteiger partial charge in [-0.15, -0.1) is 0 Å². The number of hydrogen-bond acceptors (Lipinski definition) is 6. The molecule has 0 spiro atoms. The predicted molar refractivity (Wildman–Crippen MR) is 128 cm³/mol. The van der Waals surface area contributed by atoms with Crippen molar-refractivity contribution < 1.29 is 9.53 Å². The molecule has 33 heavy (non-hydrogen) atoms. The molecule has 0 aliphatic carbocycles. The fourth-order valence-corrected chi connectivity index (χ4v) is 4.07. The molecule has 10 heteroatoms. The Morgan fingerprint density at radius 3 is 2.73 bits per heavy atom. The van der Waals surface area contributed by atoms with Crippen LogP contribution in [0.15, 0.2) is 43.0 Å². The number of benzene rings is 1. The van der Waals surface area contributed by atoms with E-state index in [1.807, 2.05) is 36.9 Å². The van der Waals surface area contributed by atoms with E-state index in [4.69, 9.17) is 16.3 Å². The summed E-state index contributed by atoms with van der Waals surface area (Å²) in [7, 11) is 3.40. The number of likely N-dealkylation sites (N-methyl/N-ethyl adjacent to an activating group) is 1. The third-order valence-electron chi connectivity index (χ3n) is 5.81. The van der Waals surface area contributed by atoms with Crippen LogP contribution < -0.4 is 15.0 Å². The monoisotopic (exact) mass is 469 g/mol. The molecule has 0 radical (unpaired) electrons. The molecule has 1 saturated heterocycles. The summed E-state index contributed by atoms with van der Waals surface area (Å²) in [6.45, 7) is 6.88. The number of imidazole rings is 1. The van der Waals surface area contributed by atoms with E-state index in [0.717, 1.165) is 11.4 Å². The number of anilines is 2. The van der Waals surface area contributed by atoms with Gasteiger partial charge in [0.05, 0.1) is 41.9 Å². The molecule has 0 bridgehead atoms. The quantitative estimate of drug-likeness (QED) is 0.552. The van der Waals surface area contributed by atoms with Crippen LogP contribution in [0.25, 0.3) is 5.69 Å². The second-order valence-corrected chi connectivity index (χ2v) is 8.88. The van der Waals surface area contributed by atoms with E-state index in [0.29, 0.717) is 35.0 Å². The van der Waals surface area contributed by atoms with E-state index >= 15 is 0 Å². The average molecular weight is 470 g/mol. The maximum atomic E-state index is 12.7. The summed E-state index contributed by atoms with van der Waals surface area (Å²) in [6.07, 6.45) is 5.33. The highest BCUT2D eigenvalue weighted by atomic mass is 35.5. The molecule has 1 fully saturated rings. The zero-order chi connectivity index (χ0) is 23.7. The molecule has 1 aromatic carbocycles. The molecule has 0 unspecified atom stereocenters. The van der Waals surface area contributed by atoms with Crippen molar-refractivity contribution in [3.63, 3.8) is 0 Å². The van der Waals surface area contributed by atoms with E-state index in [2.05, 4.69) is 34.1 Å². The number of methoxy groups -OCH3 is 1. The summed E-state index contributed by atoms with van der Waals surface area (Å²) in [5.74, 6) is 1.93. The van der Waals surface area contributed by atoms with Crippen molar-refractivity contribution in [3.05, 3.63) is 53.7 Å². The summed E-state index contributed by atoms with van der Waals surface area (Å²) < 4.78 is 7.20. The Morgan fingerprint density at radius 2 is 2.00 bits per heavy atom. The minimum atomic E-state index is -0.159. The maximum Gasteiger partial charge on any atom is 0.325 e. The van der Waals surface area contributed by atoms with E-state index in [-0.39, 0.29) is 18.1 Å². The van der Waals surface area contributed by atoms with Crippen LogP contribution in [0.4, 0.5) is 16.6 Å². The minimum Gasteiger partial charge on any atom is -0.495 e. The lowest BCUT2D eigenvalue weighted by Crippen LogP contribution is -2.38. The molecule has 1 N–H and O–H groups in total. The molecular formula is C23H28ClN7O2. The van der Waals surface area contributed by atoms with Crippen LogP contribution in [-0.4, -0.2) is 57.2 Å². The van der Waals surface area contributed by atoms with Gasteiger partial charge in [0.1, 0.15) is 11.6 Å². The van der Waals surface area contributed by atoms with Crippen molar-refractivity contribution in [1.29, 1.82) is 0 Å². The van der Waals surface area contributed by atoms with Gasteiger partial charge in [-0.3, -0.25) is 4.90 Å². The largest absolute Gasteiger partial charge is 0.495 e. The Balaban J connectivity index is 1.52. The topological polar surface area (TPSA) is 88.4 Å². The van der Waals surface area contributed by atoms with Crippen molar-refractivity contribution in [2.45, 2.75) is 32.9 Å². The SMILES string of the molecule is COc1cc(-n2cnc([C@H](C)Nc3nccc(N4C(=O)N(C)C[C@@H]4C(C)C)n3)c2)ccc1Cl. The summed E-state index contributed by atoms with van der Waals surface area (Å²) in [4.78, 5) is 29.7. The number of nitrogens with zero attached hydrogens (tertiary/aromatic N) is 6. The number of carbonyl (C=O) groups is 1. The van der Waals surface area contributed by atoms with Gasteiger partial charge in [0.15, 0.2) is 0 Å². The van der Waals surface area contributed by atoms with Crippen molar-refractivity contribution in [3.8, 4) is 11.4 Å². The molecule has 0 saturated carbocycles. The zero-order valence-electron chi connectivity index (χ0n) is 19.4. The van der Waals surface area contributed by atoms with Gasteiger partial charge in [-0.05, 0) is 31.0 Å². The van der Waals surface area contributed by atoms with Crippen LogP contribution in [0, 0.1) is 5.92 Å². The molecule has 1 aliphatic heterocycles. The molecule has 1 aliphatic rings. The lowest BCUT2D eigenvalue weighted by atomic mass is 10.0. The molecule has 9 nitrogen and oxygen atoms in total. The van der Waals surface area contributed by atoms with Crippen molar-refractivity contribution in [1.82, 2.24) is 24.4 Å². The van der Waals surface area contributed by atoms with Crippen LogP contribution in [0.5, 0.6) is 5.75 Å². The first-order valence-electron chi connectivity index (χ1n) is 10.8. The van der Waals surface area contributed by atoms with Crippen LogP contribution >= 0.6 is 11.6 Å². The highest BCUT2D eigenvalue weighted by Crippen LogP contribution is 2.29. The van der Waals surface area contributed by atoms with Gasteiger partial charge in [0.25, 0.3) is 0 Å². The number of halogens is 1. The highest BCUT2D eigenvalue weighted by molar-refractivity contribution is 6.32. The van der Waals surface area contributed by atoms with E-state index < -0.39 is 0 Å². The second kappa shape index (κ2) is 9.27. The maximum absolute atomic E-state index is 12.7. The van der Waals surface area contributed by atoms with Crippen molar-refractivity contribution in [2.24, 2.45) is 5.92 Å². The van der Waals surface area contributed by atoms with Crippen molar-refractivity contribution >= 4 is 29.4 Å². The molecule has 2 amide bonds. The first kappa shape index (κ1) is 22.8. The number of hydrogen-bond donors (Lipinski definition) is 1. The normalized spacial score (nSPS) is 17.1. The number of amides is 2. The van der Waals surface area contributed by atoms with Gasteiger partial charge in [-0.2, -0.15) is 4.98 Å². The van der Waals surface area contributed by atoms with Crippen LogP contribution in [-0.2, 0) is 0 Å². The molecule has 174 valence electrons. The van der Waals surface area contributed by atoms with Gasteiger partial charge >= 0.3 is 6.03 Å². The van der Waals surface area contributed by atoms with Crippen LogP contribution in [0.1, 0.15) is 32.5 Å². The molecule has 4 rings (SSSR count). The molecular weight excluding hydrogens is 442 g/mol. The Labute approximate surface area is 198 Å². The molecule has 2 aromatic heterocycles. The Kier molecular flexibility index (Phi) is 6.42. The van der Waals surface area contributed by atoms with Gasteiger partial charge in [-0.1, -0.05) is 25.4 Å². The smallest absolute Gasteiger partial charge is 0.325 e. The first-order valence-corrected chi connectivity index (χ1v) is 11.2. The Hall–Kier alpha value is -3.33. The van der Waals surface area contributed by atoms with Crippen molar-refractivity contribution in [2.75, 3.05) is 30.9 Å². The first-order chi connectivity index (χ1) is 15.8. The number of nitrogens with one attached hydrogen (secondary N) is 1. The van der Waals surface area contributed by atoms with E-state index in [1.54, 1.807) is 41.6 Å². The van der Waals surface area contributed by atoms with Gasteiger partial charge < -0.3 is 19.5 Å². The second-order valence-electron chi connectivity index (χ2n) is 8.47. The Morgan fingerprint density at radius 1 is 1.21 bits per heavy atom. The van der Waals surface area contributed by atoms with Crippen LogP contribution in [0.2, 0.25) is 5.02 Å². The van der Waals surface area contributed by atoms with E-state index in [1.165, 1.54) is 0 Å². The van der Waals surface area contributed by atoms with Crippen LogP contribution in [0.3, 0.4) is 0 Å². The number of aromatic nitrogens is 4. The third-order valence-corrected chi connectivity index (χ3v) is 6.12. The third kappa shape index (κ3) is 4.59. The van der Waals surface area contributed by atoms with Gasteiger partial charge in [0, 0.05) is 32.1 Å². The number of urea groups is 1. The zero-order valence-corrected chi connectivity index (χ0v) is 20.1. The fraction of sp³-hybridized carbons (Fsp3) is 0.391. The number of carbonyl (C=O) groups excluding carboxylic acids is 1. The summed E-state index contributed by atoms with van der Waals surface area (Å²) >= 11 is 6.13. The molecule has 3 heterocycles. The van der Waals surface area contributed by atoms with E-state index in [9.17, 15) is 4.79 Å². The highest BCUT2D eigenvalue weighted by Gasteiger charge is 2.38. The lowest BCUT2D eigenvalue weighted by Gasteiger charge is -2.25. The summed E-state index contributed by atoms with van der Waals surface area (Å²) in [5.41, 5.74) is 1.70. The molecule has 2 atom stereocenters. The number of rotatable bonds is 7. The van der Waals surface area contributed by atoms with Gasteiger partial charge in [-0.25, -0.2) is 14.8 Å². The minimum absolute atomic E-state index is 0.0523. The number of ether oxygens (including phenoxy) is 1. The predicted octanol–water partition coefficient (Wildman–Crippen LogP) is 4.39. The fourth-order valence-electron chi connectivity index (χ4n) is 3.88. The summed E-state index contributed by atoms with van der Waals surface area (Å²) in [6, 6.07) is 7.17. The lowest BCUT2D eigenvalue weighted by molar-refractivity contribution is 0.229. The average Bonchev–Trinajstić information content (AvgIpc) is 3.40. The standard InChI is InChI=1S/C23H28ClN7O2/c1-14(2)19-12-29(4)23(32)31(19)21-8-9-25-22(28-21)27-15(3)18-11-30(13-26-18)16-6-7-17(24)20(10-16)33-5/h6-11,13-15,19H,12H2,1-5H3,(H,25,27,28)/t15-,19+/m0/s1. The molecule has 3 aromatic rings.